The van der Waals surface area contributed by atoms with Crippen molar-refractivity contribution in [3.63, 3.8) is 0 Å². The average molecular weight is 343 g/mol. The molecule has 0 fully saturated rings. The van der Waals surface area contributed by atoms with Crippen molar-refractivity contribution in [2.45, 2.75) is 13.3 Å². The third kappa shape index (κ3) is 6.55. The summed E-state index contributed by atoms with van der Waals surface area (Å²) in [6.07, 6.45) is 0.698. The van der Waals surface area contributed by atoms with E-state index >= 15 is 0 Å². The first kappa shape index (κ1) is 19.4. The normalized spacial score (nSPS) is 11.5. The molecule has 130 valence electrons. The standard InChI is InChI=1S/C15H25N3O4S/c1-13(19)18(12-10-16-23(20,21)17(2)3)11-9-14-5-7-15(22-4)8-6-14/h5-8,16H,9-12H2,1-4H3. The van der Waals surface area contributed by atoms with Crippen molar-refractivity contribution in [2.75, 3.05) is 40.8 Å². The van der Waals surface area contributed by atoms with Gasteiger partial charge in [-0.25, -0.2) is 4.72 Å². The topological polar surface area (TPSA) is 79.0 Å². The molecule has 1 aromatic rings. The Balaban J connectivity index is 2.50. The molecule has 0 aliphatic carbocycles. The van der Waals surface area contributed by atoms with Gasteiger partial charge in [0.05, 0.1) is 7.11 Å². The van der Waals surface area contributed by atoms with Crippen LogP contribution in [0.3, 0.4) is 0 Å². The highest BCUT2D eigenvalue weighted by atomic mass is 32.2. The van der Waals surface area contributed by atoms with E-state index in [-0.39, 0.29) is 12.5 Å². The van der Waals surface area contributed by atoms with Crippen LogP contribution in [0, 0.1) is 0 Å². The Labute approximate surface area is 138 Å². The first-order chi connectivity index (χ1) is 10.8. The van der Waals surface area contributed by atoms with Crippen molar-refractivity contribution in [1.29, 1.82) is 0 Å². The number of rotatable bonds is 9. The van der Waals surface area contributed by atoms with Crippen LogP contribution in [0.1, 0.15) is 12.5 Å². The highest BCUT2D eigenvalue weighted by Crippen LogP contribution is 2.12. The fraction of sp³-hybridized carbons (Fsp3) is 0.533. The summed E-state index contributed by atoms with van der Waals surface area (Å²) >= 11 is 0. The van der Waals surface area contributed by atoms with E-state index in [2.05, 4.69) is 4.72 Å². The highest BCUT2D eigenvalue weighted by Gasteiger charge is 2.14. The van der Waals surface area contributed by atoms with E-state index in [0.717, 1.165) is 15.6 Å². The maximum Gasteiger partial charge on any atom is 0.278 e. The van der Waals surface area contributed by atoms with Crippen LogP contribution < -0.4 is 9.46 Å². The minimum atomic E-state index is -3.46. The molecular weight excluding hydrogens is 318 g/mol. The quantitative estimate of drug-likeness (QED) is 0.707. The van der Waals surface area contributed by atoms with Crippen molar-refractivity contribution >= 4 is 16.1 Å². The van der Waals surface area contributed by atoms with Gasteiger partial charge in [0.2, 0.25) is 5.91 Å². The Bertz CT molecular complexity index is 600. The highest BCUT2D eigenvalue weighted by molar-refractivity contribution is 7.87. The second-order valence-corrected chi connectivity index (χ2v) is 7.26. The van der Waals surface area contributed by atoms with Gasteiger partial charge in [-0.2, -0.15) is 12.7 Å². The Morgan fingerprint density at radius 1 is 1.17 bits per heavy atom. The van der Waals surface area contributed by atoms with Crippen LogP contribution in [0.2, 0.25) is 0 Å². The molecule has 23 heavy (non-hydrogen) atoms. The molecule has 0 heterocycles. The lowest BCUT2D eigenvalue weighted by atomic mass is 10.1. The maximum atomic E-state index is 11.7. The van der Waals surface area contributed by atoms with Crippen molar-refractivity contribution in [3.8, 4) is 5.75 Å². The zero-order valence-corrected chi connectivity index (χ0v) is 14.9. The number of methoxy groups -OCH3 is 1. The molecule has 1 amide bonds. The van der Waals surface area contributed by atoms with Gasteiger partial charge in [0.25, 0.3) is 10.2 Å². The second-order valence-electron chi connectivity index (χ2n) is 5.29. The summed E-state index contributed by atoms with van der Waals surface area (Å²) in [5.74, 6) is 0.706. The lowest BCUT2D eigenvalue weighted by Crippen LogP contribution is -2.42. The minimum Gasteiger partial charge on any atom is -0.497 e. The molecule has 1 rings (SSSR count). The number of ether oxygens (including phenoxy) is 1. The summed E-state index contributed by atoms with van der Waals surface area (Å²) in [4.78, 5) is 13.3. The SMILES string of the molecule is COc1ccc(CCN(CCNS(=O)(=O)N(C)C)C(C)=O)cc1. The van der Waals surface area contributed by atoms with E-state index in [1.807, 2.05) is 24.3 Å². The summed E-state index contributed by atoms with van der Waals surface area (Å²) in [6, 6.07) is 7.65. The van der Waals surface area contributed by atoms with Gasteiger partial charge in [-0.1, -0.05) is 12.1 Å². The third-order valence-corrected chi connectivity index (χ3v) is 4.95. The van der Waals surface area contributed by atoms with Crippen LogP contribution in [-0.2, 0) is 21.4 Å². The fourth-order valence-electron chi connectivity index (χ4n) is 1.92. The smallest absolute Gasteiger partial charge is 0.278 e. The average Bonchev–Trinajstić information content (AvgIpc) is 2.50. The molecule has 0 atom stereocenters. The minimum absolute atomic E-state index is 0.0810. The van der Waals surface area contributed by atoms with E-state index in [1.54, 1.807) is 12.0 Å². The molecule has 1 N–H and O–H groups in total. The molecule has 0 bridgehead atoms. The Kier molecular flexibility index (Phi) is 7.47. The van der Waals surface area contributed by atoms with Crippen LogP contribution in [-0.4, -0.2) is 64.4 Å². The van der Waals surface area contributed by atoms with Gasteiger partial charge < -0.3 is 9.64 Å². The van der Waals surface area contributed by atoms with Gasteiger partial charge in [-0.3, -0.25) is 4.79 Å². The summed E-state index contributed by atoms with van der Waals surface area (Å²) in [7, 11) is 1.06. The molecule has 1 aromatic carbocycles. The Morgan fingerprint density at radius 2 is 1.78 bits per heavy atom. The zero-order chi connectivity index (χ0) is 17.5. The molecular formula is C15H25N3O4S. The van der Waals surface area contributed by atoms with Crippen LogP contribution in [0.4, 0.5) is 0 Å². The zero-order valence-electron chi connectivity index (χ0n) is 14.1. The van der Waals surface area contributed by atoms with Crippen molar-refractivity contribution in [1.82, 2.24) is 13.9 Å². The number of nitrogens with one attached hydrogen (secondary N) is 1. The summed E-state index contributed by atoms with van der Waals surface area (Å²) in [5.41, 5.74) is 1.09. The number of hydrogen-bond acceptors (Lipinski definition) is 4. The number of carbonyl (C=O) groups excluding carboxylic acids is 1. The van der Waals surface area contributed by atoms with E-state index in [0.29, 0.717) is 19.5 Å². The fourth-order valence-corrected chi connectivity index (χ4v) is 2.53. The van der Waals surface area contributed by atoms with Crippen LogP contribution in [0.25, 0.3) is 0 Å². The first-order valence-corrected chi connectivity index (χ1v) is 8.76. The van der Waals surface area contributed by atoms with E-state index < -0.39 is 10.2 Å². The molecule has 8 heteroatoms. The van der Waals surface area contributed by atoms with Gasteiger partial charge in [0.15, 0.2) is 0 Å². The molecule has 0 radical (unpaired) electrons. The third-order valence-electron chi connectivity index (χ3n) is 3.42. The number of amides is 1. The number of nitrogens with zero attached hydrogens (tertiary/aromatic N) is 2. The molecule has 0 saturated heterocycles. The largest absolute Gasteiger partial charge is 0.497 e. The summed E-state index contributed by atoms with van der Waals surface area (Å²) in [6.45, 7) is 2.53. The maximum absolute atomic E-state index is 11.7. The van der Waals surface area contributed by atoms with E-state index in [4.69, 9.17) is 4.74 Å². The molecule has 0 aliphatic rings. The number of carbonyl (C=O) groups is 1. The van der Waals surface area contributed by atoms with Crippen molar-refractivity contribution < 1.29 is 17.9 Å². The van der Waals surface area contributed by atoms with Crippen LogP contribution in [0.5, 0.6) is 5.75 Å². The predicted molar refractivity (Wildman–Crippen MR) is 89.6 cm³/mol. The van der Waals surface area contributed by atoms with Gasteiger partial charge in [0.1, 0.15) is 5.75 Å². The molecule has 0 unspecified atom stereocenters. The summed E-state index contributed by atoms with van der Waals surface area (Å²) < 4.78 is 31.9. The number of hydrogen-bond donors (Lipinski definition) is 1. The molecule has 7 nitrogen and oxygen atoms in total. The van der Waals surface area contributed by atoms with Crippen LogP contribution in [0.15, 0.2) is 24.3 Å². The molecule has 0 aromatic heterocycles. The predicted octanol–water partition coefficient (Wildman–Crippen LogP) is 0.482. The Hall–Kier alpha value is -1.64. The Morgan fingerprint density at radius 3 is 2.26 bits per heavy atom. The van der Waals surface area contributed by atoms with E-state index in [1.165, 1.54) is 21.0 Å². The lowest BCUT2D eigenvalue weighted by Gasteiger charge is -2.22. The summed E-state index contributed by atoms with van der Waals surface area (Å²) in [5, 5.41) is 0. The number of benzene rings is 1. The van der Waals surface area contributed by atoms with Crippen molar-refractivity contribution in [3.05, 3.63) is 29.8 Å². The monoisotopic (exact) mass is 343 g/mol. The van der Waals surface area contributed by atoms with Crippen LogP contribution >= 0.6 is 0 Å². The van der Waals surface area contributed by atoms with Gasteiger partial charge in [-0.05, 0) is 24.1 Å². The first-order valence-electron chi connectivity index (χ1n) is 7.32. The molecule has 0 aliphatic heterocycles. The van der Waals surface area contributed by atoms with Gasteiger partial charge in [-0.15, -0.1) is 0 Å². The molecule has 0 saturated carbocycles. The van der Waals surface area contributed by atoms with E-state index in [9.17, 15) is 13.2 Å². The van der Waals surface area contributed by atoms with Gasteiger partial charge >= 0.3 is 0 Å². The van der Waals surface area contributed by atoms with Crippen molar-refractivity contribution in [2.24, 2.45) is 0 Å². The van der Waals surface area contributed by atoms with Gasteiger partial charge in [0, 0.05) is 40.7 Å². The second kappa shape index (κ2) is 8.85. The molecule has 0 spiro atoms. The lowest BCUT2D eigenvalue weighted by molar-refractivity contribution is -0.128.